The van der Waals surface area contributed by atoms with Crippen molar-refractivity contribution in [3.05, 3.63) is 28.8 Å². The van der Waals surface area contributed by atoms with Crippen molar-refractivity contribution < 1.29 is 9.84 Å². The second-order valence-electron chi connectivity index (χ2n) is 5.66. The van der Waals surface area contributed by atoms with E-state index in [1.54, 1.807) is 0 Å². The third-order valence-corrected chi connectivity index (χ3v) is 4.17. The molecule has 0 bridgehead atoms. The first-order chi connectivity index (χ1) is 8.49. The zero-order valence-corrected chi connectivity index (χ0v) is 11.8. The summed E-state index contributed by atoms with van der Waals surface area (Å²) in [4.78, 5) is 2.24. The van der Waals surface area contributed by atoms with Gasteiger partial charge in [-0.25, -0.2) is 0 Å². The molecular weight excluding hydrogens is 226 g/mol. The van der Waals surface area contributed by atoms with Crippen molar-refractivity contribution in [1.29, 1.82) is 0 Å². The lowest BCUT2D eigenvalue weighted by Crippen LogP contribution is -2.52. The Kier molecular flexibility index (Phi) is 3.64. The summed E-state index contributed by atoms with van der Waals surface area (Å²) in [5.41, 5.74) is 5.18. The first-order valence-electron chi connectivity index (χ1n) is 6.46. The van der Waals surface area contributed by atoms with Gasteiger partial charge in [0.1, 0.15) is 0 Å². The number of ether oxygens (including phenoxy) is 1. The van der Waals surface area contributed by atoms with E-state index in [-0.39, 0.29) is 12.0 Å². The number of aliphatic hydroxyl groups excluding tert-OH is 1. The smallest absolute Gasteiger partial charge is 0.0584 e. The third kappa shape index (κ3) is 2.25. The summed E-state index contributed by atoms with van der Waals surface area (Å²) in [7, 11) is 2.09. The van der Waals surface area contributed by atoms with E-state index in [2.05, 4.69) is 44.9 Å². The van der Waals surface area contributed by atoms with Crippen LogP contribution in [0.3, 0.4) is 0 Å². The monoisotopic (exact) mass is 249 g/mol. The fraction of sp³-hybridized carbons (Fsp3) is 0.600. The lowest BCUT2D eigenvalue weighted by Gasteiger charge is -2.43. The second kappa shape index (κ2) is 4.90. The first kappa shape index (κ1) is 13.4. The van der Waals surface area contributed by atoms with Crippen molar-refractivity contribution in [3.8, 4) is 0 Å². The van der Waals surface area contributed by atoms with E-state index in [1.807, 2.05) is 0 Å². The molecule has 0 atom stereocenters. The van der Waals surface area contributed by atoms with Gasteiger partial charge in [-0.1, -0.05) is 6.07 Å². The summed E-state index contributed by atoms with van der Waals surface area (Å²) in [5.74, 6) is 0. The van der Waals surface area contributed by atoms with Gasteiger partial charge in [0.2, 0.25) is 0 Å². The van der Waals surface area contributed by atoms with Crippen LogP contribution in [-0.2, 0) is 4.74 Å². The van der Waals surface area contributed by atoms with Crippen LogP contribution in [0, 0.1) is 26.2 Å². The number of anilines is 1. The first-order valence-corrected chi connectivity index (χ1v) is 6.46. The maximum absolute atomic E-state index is 9.49. The molecule has 1 aliphatic heterocycles. The topological polar surface area (TPSA) is 32.7 Å². The minimum atomic E-state index is -0.0695. The normalized spacial score (nSPS) is 17.4. The molecule has 0 aromatic heterocycles. The van der Waals surface area contributed by atoms with Crippen LogP contribution < -0.4 is 4.90 Å². The Morgan fingerprint density at radius 3 is 2.39 bits per heavy atom. The lowest BCUT2D eigenvalue weighted by molar-refractivity contribution is -0.130. The molecule has 3 nitrogen and oxygen atoms in total. The number of benzene rings is 1. The van der Waals surface area contributed by atoms with Gasteiger partial charge in [-0.05, 0) is 43.5 Å². The molecule has 0 spiro atoms. The van der Waals surface area contributed by atoms with E-state index < -0.39 is 0 Å². The molecule has 2 rings (SSSR count). The van der Waals surface area contributed by atoms with Gasteiger partial charge in [-0.15, -0.1) is 0 Å². The summed E-state index contributed by atoms with van der Waals surface area (Å²) in [5, 5.41) is 9.49. The van der Waals surface area contributed by atoms with Gasteiger partial charge in [0, 0.05) is 19.3 Å². The summed E-state index contributed by atoms with van der Waals surface area (Å²) in [6, 6.07) is 4.33. The number of nitrogens with zero attached hydrogens (tertiary/aromatic N) is 1. The van der Waals surface area contributed by atoms with Crippen LogP contribution in [0.25, 0.3) is 0 Å². The average Bonchev–Trinajstić information content (AvgIpc) is 2.31. The van der Waals surface area contributed by atoms with Crippen molar-refractivity contribution in [2.24, 2.45) is 5.41 Å². The minimum absolute atomic E-state index is 0.0695. The van der Waals surface area contributed by atoms with Gasteiger partial charge in [-0.2, -0.15) is 0 Å². The standard InChI is InChI=1S/C15H23NO2/c1-11-5-6-14(13(3)12(11)2)16(4)7-15(8-17)9-18-10-15/h5-6,17H,7-10H2,1-4H3. The summed E-state index contributed by atoms with van der Waals surface area (Å²) < 4.78 is 5.25. The summed E-state index contributed by atoms with van der Waals surface area (Å²) >= 11 is 0. The van der Waals surface area contributed by atoms with E-state index in [0.717, 1.165) is 6.54 Å². The Balaban J connectivity index is 2.19. The van der Waals surface area contributed by atoms with Crippen LogP contribution in [0.2, 0.25) is 0 Å². The van der Waals surface area contributed by atoms with Gasteiger partial charge in [0.05, 0.1) is 25.2 Å². The number of rotatable bonds is 4. The van der Waals surface area contributed by atoms with Crippen LogP contribution in [-0.4, -0.2) is 38.5 Å². The van der Waals surface area contributed by atoms with Gasteiger partial charge in [0.25, 0.3) is 0 Å². The molecule has 3 heteroatoms. The van der Waals surface area contributed by atoms with Gasteiger partial charge in [0.15, 0.2) is 0 Å². The highest BCUT2D eigenvalue weighted by Gasteiger charge is 2.39. The van der Waals surface area contributed by atoms with Crippen molar-refractivity contribution in [3.63, 3.8) is 0 Å². The van der Waals surface area contributed by atoms with Gasteiger partial charge < -0.3 is 14.7 Å². The highest BCUT2D eigenvalue weighted by Crippen LogP contribution is 2.31. The Morgan fingerprint density at radius 2 is 1.89 bits per heavy atom. The molecule has 1 fully saturated rings. The molecule has 1 aliphatic rings. The molecule has 0 radical (unpaired) electrons. The predicted octanol–water partition coefficient (Wildman–Crippen LogP) is 2.06. The number of aryl methyl sites for hydroxylation is 1. The number of hydrogen-bond donors (Lipinski definition) is 1. The molecule has 100 valence electrons. The second-order valence-corrected chi connectivity index (χ2v) is 5.66. The fourth-order valence-electron chi connectivity index (χ4n) is 2.57. The van der Waals surface area contributed by atoms with Crippen molar-refractivity contribution in [2.45, 2.75) is 20.8 Å². The molecule has 1 aromatic rings. The van der Waals surface area contributed by atoms with Crippen LogP contribution >= 0.6 is 0 Å². The maximum Gasteiger partial charge on any atom is 0.0584 e. The number of aliphatic hydroxyl groups is 1. The molecule has 1 N–H and O–H groups in total. The number of hydrogen-bond acceptors (Lipinski definition) is 3. The predicted molar refractivity (Wildman–Crippen MR) is 74.3 cm³/mol. The third-order valence-electron chi connectivity index (χ3n) is 4.17. The lowest BCUT2D eigenvalue weighted by atomic mass is 9.86. The molecule has 0 aliphatic carbocycles. The molecule has 18 heavy (non-hydrogen) atoms. The van der Waals surface area contributed by atoms with Crippen molar-refractivity contribution in [2.75, 3.05) is 38.3 Å². The quantitative estimate of drug-likeness (QED) is 0.886. The molecule has 0 saturated carbocycles. The van der Waals surface area contributed by atoms with Crippen LogP contribution in [0.4, 0.5) is 5.69 Å². The van der Waals surface area contributed by atoms with E-state index in [1.165, 1.54) is 22.4 Å². The molecule has 0 unspecified atom stereocenters. The molecule has 1 saturated heterocycles. The molecule has 1 heterocycles. The largest absolute Gasteiger partial charge is 0.396 e. The van der Waals surface area contributed by atoms with E-state index >= 15 is 0 Å². The highest BCUT2D eigenvalue weighted by atomic mass is 16.5. The SMILES string of the molecule is Cc1ccc(N(C)CC2(CO)COC2)c(C)c1C. The Hall–Kier alpha value is -1.06. The maximum atomic E-state index is 9.49. The van der Waals surface area contributed by atoms with E-state index in [9.17, 15) is 5.11 Å². The molecule has 1 aromatic carbocycles. The van der Waals surface area contributed by atoms with Crippen LogP contribution in [0.15, 0.2) is 12.1 Å². The Bertz CT molecular complexity index is 433. The Morgan fingerprint density at radius 1 is 1.22 bits per heavy atom. The molecule has 0 amide bonds. The van der Waals surface area contributed by atoms with E-state index in [4.69, 9.17) is 4.74 Å². The minimum Gasteiger partial charge on any atom is -0.396 e. The zero-order valence-electron chi connectivity index (χ0n) is 11.8. The van der Waals surface area contributed by atoms with Crippen LogP contribution in [0.5, 0.6) is 0 Å². The van der Waals surface area contributed by atoms with Crippen molar-refractivity contribution in [1.82, 2.24) is 0 Å². The fourth-order valence-corrected chi connectivity index (χ4v) is 2.57. The Labute approximate surface area is 109 Å². The average molecular weight is 249 g/mol. The van der Waals surface area contributed by atoms with E-state index in [0.29, 0.717) is 13.2 Å². The summed E-state index contributed by atoms with van der Waals surface area (Å²) in [6.07, 6.45) is 0. The van der Waals surface area contributed by atoms with Gasteiger partial charge in [-0.3, -0.25) is 0 Å². The summed E-state index contributed by atoms with van der Waals surface area (Å²) in [6.45, 7) is 8.83. The van der Waals surface area contributed by atoms with Gasteiger partial charge >= 0.3 is 0 Å². The molecular formula is C15H23NO2. The zero-order chi connectivity index (χ0) is 13.3. The van der Waals surface area contributed by atoms with Crippen LogP contribution in [0.1, 0.15) is 16.7 Å². The highest BCUT2D eigenvalue weighted by molar-refractivity contribution is 5.57. The van der Waals surface area contributed by atoms with Crippen molar-refractivity contribution >= 4 is 5.69 Å².